The summed E-state index contributed by atoms with van der Waals surface area (Å²) in [5.41, 5.74) is 1.22. The van der Waals surface area contributed by atoms with Crippen molar-refractivity contribution in [1.29, 1.82) is 0 Å². The first kappa shape index (κ1) is 18.4. The van der Waals surface area contributed by atoms with Crippen LogP contribution >= 0.6 is 11.3 Å². The Balaban J connectivity index is 1.62. The third-order valence-corrected chi connectivity index (χ3v) is 5.37. The third-order valence-electron chi connectivity index (χ3n) is 4.16. The molecule has 2 aliphatic carbocycles. The van der Waals surface area contributed by atoms with Crippen LogP contribution in [0.5, 0.6) is 0 Å². The third kappa shape index (κ3) is 4.60. The van der Waals surface area contributed by atoms with Gasteiger partial charge in [-0.05, 0) is 44.1 Å². The van der Waals surface area contributed by atoms with Crippen LogP contribution in [0.2, 0.25) is 0 Å². The number of fused-ring (bicyclic) bond motifs is 1. The zero-order valence-corrected chi connectivity index (χ0v) is 15.3. The van der Waals surface area contributed by atoms with E-state index in [1.807, 2.05) is 0 Å². The van der Waals surface area contributed by atoms with Gasteiger partial charge in [0.25, 0.3) is 5.91 Å². The molecule has 0 spiro atoms. The number of esters is 1. The van der Waals surface area contributed by atoms with Crippen molar-refractivity contribution in [3.8, 4) is 0 Å². The average molecular weight is 379 g/mol. The van der Waals surface area contributed by atoms with E-state index in [4.69, 9.17) is 4.74 Å². The summed E-state index contributed by atoms with van der Waals surface area (Å²) in [6, 6.07) is -0.455. The lowest BCUT2D eigenvalue weighted by Crippen LogP contribution is -2.42. The number of nitrogens with one attached hydrogen (secondary N) is 3. The molecular formula is C17H21N3O5S. The Labute approximate surface area is 154 Å². The summed E-state index contributed by atoms with van der Waals surface area (Å²) in [7, 11) is 0. The Hall–Kier alpha value is -2.42. The lowest BCUT2D eigenvalue weighted by molar-refractivity contribution is -0.123. The SMILES string of the molecule is CC(=O)Nc1sc2c(c1C(=O)OCC(=O)NC(=O)NC1CC1)CCCC2. The standard InChI is InChI=1S/C17H21N3O5S/c1-9(21)18-15-14(11-4-2-3-5-12(11)26-15)16(23)25-8-13(22)20-17(24)19-10-6-7-10/h10H,2-8H2,1H3,(H,18,21)(H2,19,20,22,24). The quantitative estimate of drug-likeness (QED) is 0.674. The number of hydrogen-bond acceptors (Lipinski definition) is 6. The smallest absolute Gasteiger partial charge is 0.341 e. The largest absolute Gasteiger partial charge is 0.452 e. The molecule has 1 aromatic rings. The van der Waals surface area contributed by atoms with Gasteiger partial charge in [0.2, 0.25) is 5.91 Å². The first-order valence-electron chi connectivity index (χ1n) is 8.63. The fraction of sp³-hybridized carbons (Fsp3) is 0.529. The maximum Gasteiger partial charge on any atom is 0.341 e. The molecular weight excluding hydrogens is 358 g/mol. The number of hydrogen-bond donors (Lipinski definition) is 3. The van der Waals surface area contributed by atoms with Crippen LogP contribution in [0.4, 0.5) is 9.80 Å². The van der Waals surface area contributed by atoms with E-state index in [1.54, 1.807) is 0 Å². The van der Waals surface area contributed by atoms with E-state index in [2.05, 4.69) is 16.0 Å². The number of imide groups is 1. The molecule has 1 aromatic heterocycles. The van der Waals surface area contributed by atoms with Crippen LogP contribution in [0.3, 0.4) is 0 Å². The summed E-state index contributed by atoms with van der Waals surface area (Å²) in [6.45, 7) is 0.820. The fourth-order valence-corrected chi connectivity index (χ4v) is 4.17. The Kier molecular flexibility index (Phi) is 5.55. The van der Waals surface area contributed by atoms with Gasteiger partial charge in [-0.15, -0.1) is 11.3 Å². The highest BCUT2D eigenvalue weighted by Gasteiger charge is 2.28. The topological polar surface area (TPSA) is 114 Å². The Morgan fingerprint density at radius 2 is 1.88 bits per heavy atom. The molecule has 3 rings (SSSR count). The molecule has 26 heavy (non-hydrogen) atoms. The molecule has 0 unspecified atom stereocenters. The Morgan fingerprint density at radius 1 is 1.15 bits per heavy atom. The van der Waals surface area contributed by atoms with Crippen LogP contribution in [0.15, 0.2) is 0 Å². The second-order valence-electron chi connectivity index (χ2n) is 6.47. The maximum atomic E-state index is 12.5. The highest BCUT2D eigenvalue weighted by molar-refractivity contribution is 7.17. The van der Waals surface area contributed by atoms with E-state index in [9.17, 15) is 19.2 Å². The van der Waals surface area contributed by atoms with Crippen molar-refractivity contribution in [2.24, 2.45) is 0 Å². The number of ether oxygens (including phenoxy) is 1. The summed E-state index contributed by atoms with van der Waals surface area (Å²) in [5, 5.41) is 7.88. The molecule has 8 nitrogen and oxygen atoms in total. The summed E-state index contributed by atoms with van der Waals surface area (Å²) in [5.74, 6) is -1.63. The number of thiophene rings is 1. The minimum absolute atomic E-state index is 0.128. The van der Waals surface area contributed by atoms with Gasteiger partial charge >= 0.3 is 12.0 Å². The van der Waals surface area contributed by atoms with Crippen LogP contribution < -0.4 is 16.0 Å². The molecule has 140 valence electrons. The molecule has 4 amide bonds. The summed E-state index contributed by atoms with van der Waals surface area (Å²) >= 11 is 1.38. The highest BCUT2D eigenvalue weighted by Crippen LogP contribution is 2.38. The molecule has 0 aromatic carbocycles. The number of carbonyl (C=O) groups excluding carboxylic acids is 4. The van der Waals surface area contributed by atoms with Gasteiger partial charge in [0.1, 0.15) is 5.00 Å². The average Bonchev–Trinajstić information content (AvgIpc) is 3.30. The zero-order valence-electron chi connectivity index (χ0n) is 14.5. The van der Waals surface area contributed by atoms with Crippen LogP contribution in [-0.2, 0) is 27.2 Å². The number of aryl methyl sites for hydroxylation is 1. The van der Waals surface area contributed by atoms with Gasteiger partial charge in [0.05, 0.1) is 5.56 Å². The van der Waals surface area contributed by atoms with Gasteiger partial charge in [0, 0.05) is 17.8 Å². The molecule has 3 N–H and O–H groups in total. The first-order valence-corrected chi connectivity index (χ1v) is 9.45. The number of amides is 4. The minimum atomic E-state index is -0.693. The lowest BCUT2D eigenvalue weighted by Gasteiger charge is -2.12. The highest BCUT2D eigenvalue weighted by atomic mass is 32.1. The van der Waals surface area contributed by atoms with E-state index < -0.39 is 24.5 Å². The monoisotopic (exact) mass is 379 g/mol. The van der Waals surface area contributed by atoms with Crippen molar-refractivity contribution >= 4 is 40.2 Å². The van der Waals surface area contributed by atoms with Gasteiger partial charge in [-0.2, -0.15) is 0 Å². The van der Waals surface area contributed by atoms with Gasteiger partial charge in [-0.25, -0.2) is 9.59 Å². The molecule has 0 bridgehead atoms. The zero-order chi connectivity index (χ0) is 18.7. The summed E-state index contributed by atoms with van der Waals surface area (Å²) in [4.78, 5) is 48.3. The van der Waals surface area contributed by atoms with Crippen LogP contribution in [0.25, 0.3) is 0 Å². The van der Waals surface area contributed by atoms with Gasteiger partial charge in [-0.1, -0.05) is 0 Å². The van der Waals surface area contributed by atoms with Crippen molar-refractivity contribution in [2.75, 3.05) is 11.9 Å². The van der Waals surface area contributed by atoms with Crippen molar-refractivity contribution in [1.82, 2.24) is 10.6 Å². The molecule has 0 radical (unpaired) electrons. The number of urea groups is 1. The molecule has 1 fully saturated rings. The predicted octanol–water partition coefficient (Wildman–Crippen LogP) is 1.73. The second-order valence-corrected chi connectivity index (χ2v) is 7.57. The van der Waals surface area contributed by atoms with E-state index in [0.29, 0.717) is 10.6 Å². The molecule has 9 heteroatoms. The van der Waals surface area contributed by atoms with Crippen molar-refractivity contribution < 1.29 is 23.9 Å². The van der Waals surface area contributed by atoms with Gasteiger partial charge in [-0.3, -0.25) is 14.9 Å². The summed E-state index contributed by atoms with van der Waals surface area (Å²) in [6.07, 6.45) is 5.43. The number of rotatable bonds is 5. The molecule has 1 heterocycles. The van der Waals surface area contributed by atoms with Crippen LogP contribution in [-0.4, -0.2) is 36.5 Å². The fourth-order valence-electron chi connectivity index (χ4n) is 2.84. The van der Waals surface area contributed by atoms with Crippen molar-refractivity contribution in [2.45, 2.75) is 51.5 Å². The van der Waals surface area contributed by atoms with Crippen molar-refractivity contribution in [3.05, 3.63) is 16.0 Å². The molecule has 0 aliphatic heterocycles. The van der Waals surface area contributed by atoms with E-state index in [1.165, 1.54) is 18.3 Å². The minimum Gasteiger partial charge on any atom is -0.452 e. The first-order chi connectivity index (χ1) is 12.4. The maximum absolute atomic E-state index is 12.5. The second kappa shape index (κ2) is 7.86. The number of anilines is 1. The van der Waals surface area contributed by atoms with Crippen LogP contribution in [0, 0.1) is 0 Å². The normalized spacial score (nSPS) is 15.6. The molecule has 1 saturated carbocycles. The molecule has 0 atom stereocenters. The lowest BCUT2D eigenvalue weighted by atomic mass is 9.95. The predicted molar refractivity (Wildman–Crippen MR) is 95.2 cm³/mol. The Bertz CT molecular complexity index is 754. The number of carbonyl (C=O) groups is 4. The molecule has 0 saturated heterocycles. The Morgan fingerprint density at radius 3 is 2.58 bits per heavy atom. The van der Waals surface area contributed by atoms with E-state index >= 15 is 0 Å². The van der Waals surface area contributed by atoms with E-state index in [0.717, 1.165) is 49.0 Å². The van der Waals surface area contributed by atoms with E-state index in [-0.39, 0.29) is 11.9 Å². The van der Waals surface area contributed by atoms with Gasteiger partial charge < -0.3 is 15.4 Å². The van der Waals surface area contributed by atoms with Crippen LogP contribution in [0.1, 0.15) is 53.4 Å². The van der Waals surface area contributed by atoms with Crippen molar-refractivity contribution in [3.63, 3.8) is 0 Å². The van der Waals surface area contributed by atoms with Gasteiger partial charge in [0.15, 0.2) is 6.61 Å². The summed E-state index contributed by atoms with van der Waals surface area (Å²) < 4.78 is 5.08. The molecule has 2 aliphatic rings.